The number of rotatable bonds is 6. The number of fused-ring (bicyclic) bond motifs is 3. The van der Waals surface area contributed by atoms with Crippen LogP contribution in [0.25, 0.3) is 0 Å². The molecule has 1 saturated heterocycles. The number of ether oxygens (including phenoxy) is 1. The van der Waals surface area contributed by atoms with Gasteiger partial charge in [0.25, 0.3) is 5.91 Å². The number of morpholine rings is 1. The molecule has 0 radical (unpaired) electrons. The van der Waals surface area contributed by atoms with Crippen molar-refractivity contribution in [2.75, 3.05) is 55.0 Å². The number of aliphatic imine (C=N–C) groups is 1. The molecule has 196 valence electrons. The van der Waals surface area contributed by atoms with Crippen molar-refractivity contribution in [1.82, 2.24) is 20.6 Å². The summed E-state index contributed by atoms with van der Waals surface area (Å²) in [4.78, 5) is 30.7. The van der Waals surface area contributed by atoms with Crippen LogP contribution in [0.1, 0.15) is 27.6 Å². The second-order valence-corrected chi connectivity index (χ2v) is 9.92. The lowest BCUT2D eigenvalue weighted by Crippen LogP contribution is -2.51. The zero-order chi connectivity index (χ0) is 26.2. The van der Waals surface area contributed by atoms with Gasteiger partial charge in [0.05, 0.1) is 35.0 Å². The van der Waals surface area contributed by atoms with Crippen molar-refractivity contribution in [3.05, 3.63) is 69.3 Å². The summed E-state index contributed by atoms with van der Waals surface area (Å²) >= 11 is 12.9. The molecule has 3 aromatic rings. The number of carbonyl (C=O) groups excluding carboxylic acids is 1. The number of aromatic nitrogens is 2. The van der Waals surface area contributed by atoms with Crippen LogP contribution in [0.15, 0.2) is 47.6 Å². The zero-order valence-electron chi connectivity index (χ0n) is 20.7. The molecule has 12 heteroatoms. The first-order valence-electron chi connectivity index (χ1n) is 12.4. The highest BCUT2D eigenvalue weighted by Gasteiger charge is 2.41. The normalized spacial score (nSPS) is 18.8. The highest BCUT2D eigenvalue weighted by Crippen LogP contribution is 2.39. The predicted molar refractivity (Wildman–Crippen MR) is 149 cm³/mol. The third-order valence-corrected chi connectivity index (χ3v) is 7.29. The molecule has 0 bridgehead atoms. The zero-order valence-corrected chi connectivity index (χ0v) is 22.2. The second-order valence-electron chi connectivity index (χ2n) is 9.11. The molecule has 2 aromatic carbocycles. The smallest absolute Gasteiger partial charge is 0.270 e. The Morgan fingerprint density at radius 2 is 2.05 bits per heavy atom. The van der Waals surface area contributed by atoms with Crippen molar-refractivity contribution in [3.8, 4) is 0 Å². The number of nitrogens with zero attached hydrogens (tertiary/aromatic N) is 5. The Labute approximate surface area is 230 Å². The summed E-state index contributed by atoms with van der Waals surface area (Å²) in [5.74, 6) is 0.992. The van der Waals surface area contributed by atoms with Crippen molar-refractivity contribution in [2.24, 2.45) is 4.99 Å². The highest BCUT2D eigenvalue weighted by atomic mass is 35.5. The van der Waals surface area contributed by atoms with E-state index in [9.17, 15) is 4.79 Å². The van der Waals surface area contributed by atoms with Gasteiger partial charge in [0, 0.05) is 38.1 Å². The first-order valence-corrected chi connectivity index (χ1v) is 13.1. The Balaban J connectivity index is 1.31. The molecule has 3 aliphatic heterocycles. The lowest BCUT2D eigenvalue weighted by Gasteiger charge is -2.35. The van der Waals surface area contributed by atoms with Crippen LogP contribution in [0, 0.1) is 0 Å². The van der Waals surface area contributed by atoms with Gasteiger partial charge in [0.1, 0.15) is 5.56 Å². The maximum atomic E-state index is 13.6. The lowest BCUT2D eigenvalue weighted by molar-refractivity contribution is 0.0271. The van der Waals surface area contributed by atoms with Gasteiger partial charge in [-0.05, 0) is 42.4 Å². The molecule has 1 atom stereocenters. The predicted octanol–water partition coefficient (Wildman–Crippen LogP) is 3.74. The van der Waals surface area contributed by atoms with Crippen LogP contribution in [-0.2, 0) is 11.3 Å². The minimum atomic E-state index is -0.333. The number of carbonyl (C=O) groups is 1. The van der Waals surface area contributed by atoms with E-state index in [1.807, 2.05) is 18.0 Å². The van der Waals surface area contributed by atoms with Gasteiger partial charge in [0.2, 0.25) is 11.9 Å². The Morgan fingerprint density at radius 1 is 1.21 bits per heavy atom. The summed E-state index contributed by atoms with van der Waals surface area (Å²) in [6.45, 7) is 4.11. The van der Waals surface area contributed by atoms with E-state index < -0.39 is 0 Å². The van der Waals surface area contributed by atoms with E-state index in [1.54, 1.807) is 18.2 Å². The number of anilines is 4. The quantitative estimate of drug-likeness (QED) is 0.424. The lowest BCUT2D eigenvalue weighted by atomic mass is 10.0. The first kappa shape index (κ1) is 25.0. The fraction of sp³-hybridized carbons (Fsp3) is 0.308. The monoisotopic (exact) mass is 552 g/mol. The molecule has 0 saturated carbocycles. The molecule has 1 amide bonds. The summed E-state index contributed by atoms with van der Waals surface area (Å²) in [7, 11) is 1.92. The maximum absolute atomic E-state index is 13.6. The van der Waals surface area contributed by atoms with Gasteiger partial charge in [-0.1, -0.05) is 35.3 Å². The summed E-state index contributed by atoms with van der Waals surface area (Å²) in [5, 5.41) is 10.6. The molecule has 1 aromatic heterocycles. The number of halogens is 2. The molecular weight excluding hydrogens is 527 g/mol. The van der Waals surface area contributed by atoms with Crippen molar-refractivity contribution in [2.45, 2.75) is 12.6 Å². The molecule has 3 N–H and O–H groups in total. The number of para-hydroxylation sites is 1. The molecule has 10 nitrogen and oxygen atoms in total. The number of nitrogens with one attached hydrogen (secondary N) is 3. The average molecular weight is 553 g/mol. The molecule has 4 heterocycles. The number of benzene rings is 2. The van der Waals surface area contributed by atoms with Gasteiger partial charge in [-0.15, -0.1) is 0 Å². The molecular formula is C26H26Cl2N8O2. The van der Waals surface area contributed by atoms with Crippen molar-refractivity contribution in [1.29, 1.82) is 0 Å². The fourth-order valence-corrected chi connectivity index (χ4v) is 5.53. The minimum absolute atomic E-state index is 0.00889. The number of hydrogen-bond donors (Lipinski definition) is 3. The third-order valence-electron chi connectivity index (χ3n) is 6.68. The van der Waals surface area contributed by atoms with Crippen molar-refractivity contribution in [3.63, 3.8) is 0 Å². The number of hydrogen-bond acceptors (Lipinski definition) is 9. The van der Waals surface area contributed by atoms with Crippen LogP contribution in [0.4, 0.5) is 23.1 Å². The van der Waals surface area contributed by atoms with E-state index >= 15 is 0 Å². The number of guanidine groups is 1. The molecule has 6 rings (SSSR count). The van der Waals surface area contributed by atoms with E-state index in [0.29, 0.717) is 65.3 Å². The summed E-state index contributed by atoms with van der Waals surface area (Å²) < 4.78 is 5.97. The van der Waals surface area contributed by atoms with E-state index in [0.717, 1.165) is 29.9 Å². The average Bonchev–Trinajstić information content (AvgIpc) is 3.41. The molecule has 3 aliphatic rings. The molecule has 38 heavy (non-hydrogen) atoms. The van der Waals surface area contributed by atoms with E-state index in [2.05, 4.69) is 38.1 Å². The molecule has 1 fully saturated rings. The van der Waals surface area contributed by atoms with E-state index in [4.69, 9.17) is 32.9 Å². The van der Waals surface area contributed by atoms with Crippen LogP contribution in [0.3, 0.4) is 0 Å². The van der Waals surface area contributed by atoms with Crippen molar-refractivity contribution >= 4 is 58.2 Å². The maximum Gasteiger partial charge on any atom is 0.270 e. The van der Waals surface area contributed by atoms with Crippen LogP contribution in [0.5, 0.6) is 0 Å². The summed E-state index contributed by atoms with van der Waals surface area (Å²) in [6, 6.07) is 11.3. The highest BCUT2D eigenvalue weighted by molar-refractivity contribution is 6.43. The third kappa shape index (κ3) is 4.48. The van der Waals surface area contributed by atoms with Gasteiger partial charge >= 0.3 is 0 Å². The van der Waals surface area contributed by atoms with Gasteiger partial charge in [-0.3, -0.25) is 14.7 Å². The first-order chi connectivity index (χ1) is 18.5. The number of amides is 1. The summed E-state index contributed by atoms with van der Waals surface area (Å²) in [6.07, 6.45) is 1.54. The summed E-state index contributed by atoms with van der Waals surface area (Å²) in [5.41, 5.74) is 3.85. The Kier molecular flexibility index (Phi) is 6.89. The largest absolute Gasteiger partial charge is 0.371 e. The standard InChI is InChI=1S/C26H26Cl2N8O2/c1-29-12-15-11-16(5-6-17(15)21-14-30-8-10-38-21)33-25-32-13-18-23(34-25)35-9-7-31-26(35)36(24(18)37)22-19(27)3-2-4-20(22)28/h2-6,11,13,21,29-30H,7-10,12,14H2,1H3,(H,32,33,34). The molecule has 0 aliphatic carbocycles. The van der Waals surface area contributed by atoms with E-state index in [1.165, 1.54) is 11.1 Å². The minimum Gasteiger partial charge on any atom is -0.371 e. The molecule has 0 spiro atoms. The molecule has 1 unspecified atom stereocenters. The van der Waals surface area contributed by atoms with Crippen LogP contribution in [0.2, 0.25) is 10.0 Å². The topological polar surface area (TPSA) is 107 Å². The van der Waals surface area contributed by atoms with E-state index in [-0.39, 0.29) is 12.0 Å². The van der Waals surface area contributed by atoms with Crippen LogP contribution >= 0.6 is 23.2 Å². The Morgan fingerprint density at radius 3 is 2.82 bits per heavy atom. The van der Waals surface area contributed by atoms with Gasteiger partial charge in [-0.2, -0.15) is 4.98 Å². The SMILES string of the molecule is CNCc1cc(Nc2ncc3c(n2)N2CCN=C2N(c2c(Cl)cccc2Cl)C3=O)ccc1C1CNCCO1. The van der Waals surface area contributed by atoms with Crippen LogP contribution < -0.4 is 25.8 Å². The van der Waals surface area contributed by atoms with Gasteiger partial charge in [0.15, 0.2) is 5.82 Å². The second kappa shape index (κ2) is 10.5. The van der Waals surface area contributed by atoms with Crippen molar-refractivity contribution < 1.29 is 9.53 Å². The Hall–Kier alpha value is -3.28. The fourth-order valence-electron chi connectivity index (χ4n) is 4.97. The van der Waals surface area contributed by atoms with Crippen LogP contribution in [-0.4, -0.2) is 61.7 Å². The Bertz CT molecular complexity index is 1410. The van der Waals surface area contributed by atoms with Gasteiger partial charge in [-0.25, -0.2) is 9.88 Å². The van der Waals surface area contributed by atoms with Gasteiger partial charge < -0.3 is 20.7 Å².